The number of cyclic esters (lactones) is 1. The van der Waals surface area contributed by atoms with Crippen LogP contribution in [0.3, 0.4) is 0 Å². The van der Waals surface area contributed by atoms with Crippen molar-refractivity contribution in [3.8, 4) is 0 Å². The number of esters is 1. The molecule has 0 spiro atoms. The first-order valence-corrected chi connectivity index (χ1v) is 9.16. The van der Waals surface area contributed by atoms with E-state index in [-0.39, 0.29) is 43.2 Å². The first-order chi connectivity index (χ1) is 11.0. The van der Waals surface area contributed by atoms with Gasteiger partial charge in [0, 0.05) is 12.8 Å². The van der Waals surface area contributed by atoms with Crippen LogP contribution in [0.25, 0.3) is 0 Å². The number of ketones is 1. The fraction of sp³-hybridized carbons (Fsp3) is 0.889. The van der Waals surface area contributed by atoms with Crippen molar-refractivity contribution in [3.63, 3.8) is 0 Å². The third-order valence-electron chi connectivity index (χ3n) is 4.86. The summed E-state index contributed by atoms with van der Waals surface area (Å²) in [6, 6.07) is 0. The number of ether oxygens (including phenoxy) is 2. The lowest BCUT2D eigenvalue weighted by Gasteiger charge is -2.22. The van der Waals surface area contributed by atoms with Crippen molar-refractivity contribution in [3.05, 3.63) is 0 Å². The molecule has 23 heavy (non-hydrogen) atoms. The first kappa shape index (κ1) is 18.4. The molecule has 2 aliphatic heterocycles. The molecule has 3 atom stereocenters. The van der Waals surface area contributed by atoms with Gasteiger partial charge in [-0.1, -0.05) is 32.6 Å². The minimum absolute atomic E-state index is 0.00282. The second-order valence-corrected chi connectivity index (χ2v) is 6.90. The molecule has 0 saturated carbocycles. The van der Waals surface area contributed by atoms with E-state index in [1.807, 2.05) is 0 Å². The van der Waals surface area contributed by atoms with Gasteiger partial charge in [0.2, 0.25) is 5.79 Å². The standard InChI is InChI=1S/C18H30O5/c1-2-3-5-8-14-9-6-4-7-10-15-13-16(19)18(21,23-15)12-11-17(20)22-14/h14-15,21H,2-13H2,1H3/t14-,15-,18-/m1/s1. The predicted molar refractivity (Wildman–Crippen MR) is 85.8 cm³/mol. The number of unbranched alkanes of at least 4 members (excludes halogenated alkanes) is 2. The van der Waals surface area contributed by atoms with Gasteiger partial charge in [-0.05, 0) is 32.1 Å². The molecule has 1 N–H and O–H groups in total. The summed E-state index contributed by atoms with van der Waals surface area (Å²) in [6.07, 6.45) is 9.06. The van der Waals surface area contributed by atoms with E-state index in [0.717, 1.165) is 57.8 Å². The topological polar surface area (TPSA) is 72.8 Å². The zero-order chi connectivity index (χ0) is 16.7. The van der Waals surface area contributed by atoms with Gasteiger partial charge >= 0.3 is 5.97 Å². The molecule has 2 rings (SSSR count). The normalized spacial score (nSPS) is 33.5. The largest absolute Gasteiger partial charge is 0.462 e. The lowest BCUT2D eigenvalue weighted by molar-refractivity contribution is -0.200. The zero-order valence-corrected chi connectivity index (χ0v) is 14.2. The van der Waals surface area contributed by atoms with Crippen LogP contribution in [0.4, 0.5) is 0 Å². The summed E-state index contributed by atoms with van der Waals surface area (Å²) >= 11 is 0. The first-order valence-electron chi connectivity index (χ1n) is 9.16. The summed E-state index contributed by atoms with van der Waals surface area (Å²) in [7, 11) is 0. The Kier molecular flexibility index (Phi) is 7.03. The van der Waals surface area contributed by atoms with Crippen LogP contribution in [0.5, 0.6) is 0 Å². The van der Waals surface area contributed by atoms with E-state index >= 15 is 0 Å². The summed E-state index contributed by atoms with van der Waals surface area (Å²) in [5.74, 6) is -2.42. The van der Waals surface area contributed by atoms with Gasteiger partial charge in [-0.15, -0.1) is 0 Å². The van der Waals surface area contributed by atoms with Crippen LogP contribution in [0, 0.1) is 0 Å². The summed E-state index contributed by atoms with van der Waals surface area (Å²) < 4.78 is 11.1. The van der Waals surface area contributed by atoms with Crippen molar-refractivity contribution in [1.82, 2.24) is 0 Å². The molecule has 0 aromatic heterocycles. The average Bonchev–Trinajstić information content (AvgIpc) is 2.80. The molecule has 2 aliphatic rings. The van der Waals surface area contributed by atoms with E-state index in [1.165, 1.54) is 0 Å². The van der Waals surface area contributed by atoms with Gasteiger partial charge in [0.15, 0.2) is 5.78 Å². The molecule has 5 heteroatoms. The van der Waals surface area contributed by atoms with Gasteiger partial charge in [-0.2, -0.15) is 0 Å². The maximum atomic E-state index is 12.1. The van der Waals surface area contributed by atoms with Gasteiger partial charge in [0.05, 0.1) is 12.5 Å². The van der Waals surface area contributed by atoms with Crippen LogP contribution in [-0.4, -0.2) is 34.9 Å². The molecule has 0 amide bonds. The number of carbonyl (C=O) groups is 2. The third kappa shape index (κ3) is 5.57. The Bertz CT molecular complexity index is 408. The Morgan fingerprint density at radius 3 is 2.74 bits per heavy atom. The van der Waals surface area contributed by atoms with E-state index < -0.39 is 5.79 Å². The van der Waals surface area contributed by atoms with E-state index in [1.54, 1.807) is 0 Å². The third-order valence-corrected chi connectivity index (χ3v) is 4.86. The van der Waals surface area contributed by atoms with Crippen molar-refractivity contribution in [2.75, 3.05) is 0 Å². The van der Waals surface area contributed by atoms with Gasteiger partial charge in [0.25, 0.3) is 0 Å². The van der Waals surface area contributed by atoms with Crippen molar-refractivity contribution in [1.29, 1.82) is 0 Å². The molecule has 2 heterocycles. The highest BCUT2D eigenvalue weighted by molar-refractivity contribution is 5.88. The van der Waals surface area contributed by atoms with Gasteiger partial charge in [-0.3, -0.25) is 9.59 Å². The molecule has 0 radical (unpaired) electrons. The second-order valence-electron chi connectivity index (χ2n) is 6.90. The van der Waals surface area contributed by atoms with Crippen molar-refractivity contribution in [2.24, 2.45) is 0 Å². The van der Waals surface area contributed by atoms with Gasteiger partial charge in [0.1, 0.15) is 6.10 Å². The molecule has 0 aromatic rings. The number of rotatable bonds is 4. The van der Waals surface area contributed by atoms with Crippen LogP contribution < -0.4 is 0 Å². The Morgan fingerprint density at radius 2 is 1.96 bits per heavy atom. The van der Waals surface area contributed by atoms with Crippen molar-refractivity contribution in [2.45, 2.75) is 102 Å². The smallest absolute Gasteiger partial charge is 0.306 e. The molecule has 2 saturated heterocycles. The summed E-state index contributed by atoms with van der Waals surface area (Å²) in [5, 5.41) is 10.3. The molecule has 132 valence electrons. The zero-order valence-electron chi connectivity index (χ0n) is 14.2. The van der Waals surface area contributed by atoms with Crippen LogP contribution >= 0.6 is 0 Å². The Balaban J connectivity index is 1.93. The minimum atomic E-state index is -1.78. The fourth-order valence-corrected chi connectivity index (χ4v) is 3.43. The maximum absolute atomic E-state index is 12.1. The van der Waals surface area contributed by atoms with Crippen molar-refractivity contribution >= 4 is 11.8 Å². The van der Waals surface area contributed by atoms with E-state index in [9.17, 15) is 14.7 Å². The Morgan fingerprint density at radius 1 is 1.17 bits per heavy atom. The highest BCUT2D eigenvalue weighted by atomic mass is 16.6. The minimum Gasteiger partial charge on any atom is -0.462 e. The Labute approximate surface area is 138 Å². The van der Waals surface area contributed by atoms with Crippen LogP contribution in [-0.2, 0) is 19.1 Å². The Hall–Kier alpha value is -0.940. The van der Waals surface area contributed by atoms with E-state index in [4.69, 9.17) is 9.47 Å². The number of fused-ring (bicyclic) bond motifs is 2. The summed E-state index contributed by atoms with van der Waals surface area (Å²) in [4.78, 5) is 24.0. The monoisotopic (exact) mass is 326 g/mol. The van der Waals surface area contributed by atoms with Gasteiger partial charge in [-0.25, -0.2) is 0 Å². The molecule has 2 fully saturated rings. The molecule has 0 unspecified atom stereocenters. The number of hydrogen-bond donors (Lipinski definition) is 1. The summed E-state index contributed by atoms with van der Waals surface area (Å²) in [6.45, 7) is 2.16. The van der Waals surface area contributed by atoms with Crippen LogP contribution in [0.15, 0.2) is 0 Å². The molecular weight excluding hydrogens is 296 g/mol. The fourth-order valence-electron chi connectivity index (χ4n) is 3.43. The van der Waals surface area contributed by atoms with E-state index in [2.05, 4.69) is 6.92 Å². The van der Waals surface area contributed by atoms with Crippen molar-refractivity contribution < 1.29 is 24.2 Å². The molecular formula is C18H30O5. The lowest BCUT2D eigenvalue weighted by atomic mass is 10.00. The number of hydrogen-bond acceptors (Lipinski definition) is 5. The second kappa shape index (κ2) is 8.78. The van der Waals surface area contributed by atoms with Gasteiger partial charge < -0.3 is 14.6 Å². The molecule has 2 bridgehead atoms. The number of aliphatic hydroxyl groups is 1. The van der Waals surface area contributed by atoms with Crippen LogP contribution in [0.1, 0.15) is 84.0 Å². The lowest BCUT2D eigenvalue weighted by Crippen LogP contribution is -2.36. The molecule has 0 aliphatic carbocycles. The number of Topliss-reactive ketones (excluding diaryl/α,β-unsaturated/α-hetero) is 1. The summed E-state index contributed by atoms with van der Waals surface area (Å²) in [5.41, 5.74) is 0. The average molecular weight is 326 g/mol. The van der Waals surface area contributed by atoms with Crippen LogP contribution in [0.2, 0.25) is 0 Å². The predicted octanol–water partition coefficient (Wildman–Crippen LogP) is 3.27. The quantitative estimate of drug-likeness (QED) is 0.634. The SMILES string of the molecule is CCCCC[C@@H]1CCCCC[C@@H]2CC(=O)[C@@](O)(CCC(=O)O1)O2. The number of carbonyl (C=O) groups excluding carboxylic acids is 2. The maximum Gasteiger partial charge on any atom is 0.306 e. The highest BCUT2D eigenvalue weighted by Crippen LogP contribution is 2.32. The highest BCUT2D eigenvalue weighted by Gasteiger charge is 2.46. The molecule has 0 aromatic carbocycles. The van der Waals surface area contributed by atoms with E-state index in [0.29, 0.717) is 0 Å². The molecule has 5 nitrogen and oxygen atoms in total.